The second kappa shape index (κ2) is 6.10. The van der Waals surface area contributed by atoms with Gasteiger partial charge >= 0.3 is 0 Å². The molecule has 1 aliphatic heterocycles. The van der Waals surface area contributed by atoms with E-state index in [1.54, 1.807) is 7.11 Å². The number of hydrogen-bond acceptors (Lipinski definition) is 3. The van der Waals surface area contributed by atoms with Gasteiger partial charge in [-0.3, -0.25) is 4.79 Å². The zero-order valence-electron chi connectivity index (χ0n) is 12.7. The Morgan fingerprint density at radius 1 is 1.27 bits per heavy atom. The van der Waals surface area contributed by atoms with E-state index in [1.165, 1.54) is 5.56 Å². The number of methoxy groups -OCH3 is 1. The van der Waals surface area contributed by atoms with Crippen molar-refractivity contribution in [2.24, 2.45) is 0 Å². The van der Waals surface area contributed by atoms with E-state index < -0.39 is 0 Å². The van der Waals surface area contributed by atoms with Crippen LogP contribution in [0.2, 0.25) is 0 Å². The van der Waals surface area contributed by atoms with E-state index in [4.69, 9.17) is 10.5 Å². The first-order valence-electron chi connectivity index (χ1n) is 7.49. The molecule has 0 fully saturated rings. The Labute approximate surface area is 130 Å². The molecule has 0 aromatic heterocycles. The molecule has 114 valence electrons. The molecule has 0 saturated heterocycles. The highest BCUT2D eigenvalue weighted by atomic mass is 16.5. The van der Waals surface area contributed by atoms with Crippen LogP contribution in [-0.4, -0.2) is 19.6 Å². The molecular weight excluding hydrogens is 276 g/mol. The molecule has 1 aliphatic rings. The van der Waals surface area contributed by atoms with E-state index >= 15 is 0 Å². The molecule has 0 atom stereocenters. The Hall–Kier alpha value is -2.49. The third kappa shape index (κ3) is 2.77. The normalized spacial score (nSPS) is 13.0. The second-order valence-electron chi connectivity index (χ2n) is 5.50. The van der Waals surface area contributed by atoms with Gasteiger partial charge in [-0.25, -0.2) is 0 Å². The zero-order chi connectivity index (χ0) is 15.5. The Morgan fingerprint density at radius 3 is 2.86 bits per heavy atom. The Balaban J connectivity index is 1.65. The van der Waals surface area contributed by atoms with Gasteiger partial charge in [-0.05, 0) is 42.2 Å². The molecule has 0 unspecified atom stereocenters. The predicted molar refractivity (Wildman–Crippen MR) is 88.2 cm³/mol. The van der Waals surface area contributed by atoms with Crippen LogP contribution in [0.1, 0.15) is 17.5 Å². The molecule has 0 bridgehead atoms. The Kier molecular flexibility index (Phi) is 4.00. The lowest BCUT2D eigenvalue weighted by Crippen LogP contribution is -2.29. The number of nitrogens with two attached hydrogens (primary N) is 1. The van der Waals surface area contributed by atoms with Crippen molar-refractivity contribution >= 4 is 17.3 Å². The maximum Gasteiger partial charge on any atom is 0.227 e. The van der Waals surface area contributed by atoms with Crippen molar-refractivity contribution in [3.8, 4) is 5.75 Å². The highest BCUT2D eigenvalue weighted by molar-refractivity contribution is 5.95. The molecule has 4 nitrogen and oxygen atoms in total. The number of amides is 1. The topological polar surface area (TPSA) is 55.6 Å². The van der Waals surface area contributed by atoms with Gasteiger partial charge < -0.3 is 15.4 Å². The van der Waals surface area contributed by atoms with Crippen molar-refractivity contribution in [1.82, 2.24) is 0 Å². The van der Waals surface area contributed by atoms with Gasteiger partial charge in [0, 0.05) is 18.7 Å². The lowest BCUT2D eigenvalue weighted by atomic mass is 10.1. The van der Waals surface area contributed by atoms with E-state index in [0.29, 0.717) is 24.3 Å². The molecule has 0 aliphatic carbocycles. The number of carbonyl (C=O) groups is 1. The second-order valence-corrected chi connectivity index (χ2v) is 5.50. The lowest BCUT2D eigenvalue weighted by molar-refractivity contribution is -0.118. The van der Waals surface area contributed by atoms with Crippen molar-refractivity contribution in [3.63, 3.8) is 0 Å². The number of ether oxygens (including phenoxy) is 1. The van der Waals surface area contributed by atoms with Crippen LogP contribution in [0.25, 0.3) is 0 Å². The maximum absolute atomic E-state index is 12.5. The minimum absolute atomic E-state index is 0.166. The Morgan fingerprint density at radius 2 is 2.09 bits per heavy atom. The van der Waals surface area contributed by atoms with E-state index in [1.807, 2.05) is 41.3 Å². The van der Waals surface area contributed by atoms with Crippen LogP contribution in [0, 0.1) is 0 Å². The number of rotatable bonds is 4. The van der Waals surface area contributed by atoms with Gasteiger partial charge in [-0.1, -0.05) is 24.3 Å². The summed E-state index contributed by atoms with van der Waals surface area (Å²) in [6.07, 6.45) is 2.11. The first-order chi connectivity index (χ1) is 10.7. The number of nitrogens with zero attached hydrogens (tertiary/aromatic N) is 1. The molecule has 3 rings (SSSR count). The zero-order valence-corrected chi connectivity index (χ0v) is 12.7. The average Bonchev–Trinajstić information content (AvgIpc) is 2.97. The summed E-state index contributed by atoms with van der Waals surface area (Å²) in [4.78, 5) is 14.4. The van der Waals surface area contributed by atoms with E-state index in [0.717, 1.165) is 24.2 Å². The SMILES string of the molecule is COc1ccc(CCC(=O)N2CCc3ccccc32)cc1N. The smallest absolute Gasteiger partial charge is 0.227 e. The van der Waals surface area contributed by atoms with Gasteiger partial charge in [0.2, 0.25) is 5.91 Å². The van der Waals surface area contributed by atoms with Gasteiger partial charge in [0.1, 0.15) is 5.75 Å². The molecule has 2 aromatic carbocycles. The standard InChI is InChI=1S/C18H20N2O2/c1-22-17-8-6-13(12-15(17)19)7-9-18(21)20-11-10-14-4-2-3-5-16(14)20/h2-6,8,12H,7,9-11,19H2,1H3. The summed E-state index contributed by atoms with van der Waals surface area (Å²) in [6.45, 7) is 0.781. The third-order valence-corrected chi connectivity index (χ3v) is 4.11. The number of carbonyl (C=O) groups excluding carboxylic acids is 1. The summed E-state index contributed by atoms with van der Waals surface area (Å²) >= 11 is 0. The van der Waals surface area contributed by atoms with Gasteiger partial charge in [-0.2, -0.15) is 0 Å². The van der Waals surface area contributed by atoms with Crippen molar-refractivity contribution in [1.29, 1.82) is 0 Å². The number of hydrogen-bond donors (Lipinski definition) is 1. The Bertz CT molecular complexity index is 697. The molecule has 1 amide bonds. The van der Waals surface area contributed by atoms with Crippen molar-refractivity contribution in [3.05, 3.63) is 53.6 Å². The quantitative estimate of drug-likeness (QED) is 0.883. The first kappa shape index (κ1) is 14.4. The lowest BCUT2D eigenvalue weighted by Gasteiger charge is -2.17. The monoisotopic (exact) mass is 296 g/mol. The van der Waals surface area contributed by atoms with Crippen LogP contribution < -0.4 is 15.4 Å². The van der Waals surface area contributed by atoms with E-state index in [-0.39, 0.29) is 5.91 Å². The van der Waals surface area contributed by atoms with Gasteiger partial charge in [0.25, 0.3) is 0 Å². The highest BCUT2D eigenvalue weighted by Crippen LogP contribution is 2.28. The average molecular weight is 296 g/mol. The molecule has 0 spiro atoms. The van der Waals surface area contributed by atoms with Crippen molar-refractivity contribution < 1.29 is 9.53 Å². The number of benzene rings is 2. The number of aryl methyl sites for hydroxylation is 1. The third-order valence-electron chi connectivity index (χ3n) is 4.11. The molecule has 2 aromatic rings. The molecule has 4 heteroatoms. The van der Waals surface area contributed by atoms with Gasteiger partial charge in [-0.15, -0.1) is 0 Å². The number of fused-ring (bicyclic) bond motifs is 1. The summed E-state index contributed by atoms with van der Waals surface area (Å²) < 4.78 is 5.15. The maximum atomic E-state index is 12.5. The van der Waals surface area contributed by atoms with Gasteiger partial charge in [0.15, 0.2) is 0 Å². The van der Waals surface area contributed by atoms with Crippen molar-refractivity contribution in [2.45, 2.75) is 19.3 Å². The summed E-state index contributed by atoms with van der Waals surface area (Å²) in [5.74, 6) is 0.836. The van der Waals surface area contributed by atoms with Crippen LogP contribution >= 0.6 is 0 Å². The minimum Gasteiger partial charge on any atom is -0.495 e. The van der Waals surface area contributed by atoms with Crippen LogP contribution in [0.5, 0.6) is 5.75 Å². The summed E-state index contributed by atoms with van der Waals surface area (Å²) in [5.41, 5.74) is 9.88. The van der Waals surface area contributed by atoms with E-state index in [2.05, 4.69) is 6.07 Å². The van der Waals surface area contributed by atoms with Crippen LogP contribution in [0.4, 0.5) is 11.4 Å². The highest BCUT2D eigenvalue weighted by Gasteiger charge is 2.23. The molecule has 0 saturated carbocycles. The van der Waals surface area contributed by atoms with Crippen molar-refractivity contribution in [2.75, 3.05) is 24.3 Å². The molecule has 0 radical (unpaired) electrons. The molecular formula is C18H20N2O2. The predicted octanol–water partition coefficient (Wildman–Crippen LogP) is 2.80. The first-order valence-corrected chi connectivity index (χ1v) is 7.49. The fourth-order valence-electron chi connectivity index (χ4n) is 2.92. The number of anilines is 2. The summed E-state index contributed by atoms with van der Waals surface area (Å²) in [7, 11) is 1.60. The number of para-hydroxylation sites is 1. The van der Waals surface area contributed by atoms with Crippen LogP contribution in [0.3, 0.4) is 0 Å². The summed E-state index contributed by atoms with van der Waals surface area (Å²) in [6, 6.07) is 13.8. The van der Waals surface area contributed by atoms with Gasteiger partial charge in [0.05, 0.1) is 12.8 Å². The fourth-order valence-corrected chi connectivity index (χ4v) is 2.92. The van der Waals surface area contributed by atoms with Crippen LogP contribution in [0.15, 0.2) is 42.5 Å². The minimum atomic E-state index is 0.166. The fraction of sp³-hybridized carbons (Fsp3) is 0.278. The molecule has 22 heavy (non-hydrogen) atoms. The van der Waals surface area contributed by atoms with Crippen LogP contribution in [-0.2, 0) is 17.6 Å². The molecule has 2 N–H and O–H groups in total. The summed E-state index contributed by atoms with van der Waals surface area (Å²) in [5, 5.41) is 0. The van der Waals surface area contributed by atoms with E-state index in [9.17, 15) is 4.79 Å². The largest absolute Gasteiger partial charge is 0.495 e. The number of nitrogen functional groups attached to an aromatic ring is 1. The molecule has 1 heterocycles.